The summed E-state index contributed by atoms with van der Waals surface area (Å²) in [5, 5.41) is 2.79. The number of benzene rings is 1. The van der Waals surface area contributed by atoms with Gasteiger partial charge in [-0.05, 0) is 35.2 Å². The van der Waals surface area contributed by atoms with E-state index in [1.165, 1.54) is 5.56 Å². The normalized spacial score (nSPS) is 11.2. The minimum absolute atomic E-state index is 0.0419. The van der Waals surface area contributed by atoms with Crippen LogP contribution >= 0.6 is 0 Å². The topological polar surface area (TPSA) is 62.6 Å². The number of amides is 2. The number of nitrogens with one attached hydrogen (secondary N) is 1. The van der Waals surface area contributed by atoms with Crippen LogP contribution in [-0.2, 0) is 16.8 Å². The van der Waals surface area contributed by atoms with Gasteiger partial charge in [-0.25, -0.2) is 0 Å². The molecule has 2 aromatic rings. The molecule has 2 amide bonds. The van der Waals surface area contributed by atoms with Crippen LogP contribution in [0, 0.1) is 0 Å². The number of furan rings is 1. The number of hydrogen-bond donors (Lipinski definition) is 1. The van der Waals surface area contributed by atoms with Gasteiger partial charge in [-0.2, -0.15) is 0 Å². The van der Waals surface area contributed by atoms with Crippen molar-refractivity contribution in [2.45, 2.75) is 39.2 Å². The van der Waals surface area contributed by atoms with Crippen LogP contribution in [0.4, 0.5) is 0 Å². The maximum atomic E-state index is 12.2. The van der Waals surface area contributed by atoms with Crippen LogP contribution in [0.2, 0.25) is 0 Å². The van der Waals surface area contributed by atoms with E-state index in [2.05, 4.69) is 26.1 Å². The van der Waals surface area contributed by atoms with E-state index in [0.29, 0.717) is 18.7 Å². The molecule has 0 aliphatic heterocycles. The second-order valence-corrected chi connectivity index (χ2v) is 7.16. The Hall–Kier alpha value is -2.56. The number of hydrogen-bond acceptors (Lipinski definition) is 3. The molecule has 2 rings (SSSR count). The molecule has 1 N–H and O–H groups in total. The molecule has 0 atom stereocenters. The molecule has 0 fully saturated rings. The Labute approximate surface area is 149 Å². The fraction of sp³-hybridized carbons (Fsp3) is 0.400. The monoisotopic (exact) mass is 342 g/mol. The second kappa shape index (κ2) is 8.01. The van der Waals surface area contributed by atoms with Crippen molar-refractivity contribution in [3.63, 3.8) is 0 Å². The lowest BCUT2D eigenvalue weighted by atomic mass is 9.87. The third kappa shape index (κ3) is 5.48. The molecule has 1 aromatic carbocycles. The second-order valence-electron chi connectivity index (χ2n) is 7.16. The zero-order valence-electron chi connectivity index (χ0n) is 15.3. The smallest absolute Gasteiger partial charge is 0.251 e. The number of nitrogens with zero attached hydrogens (tertiary/aromatic N) is 1. The summed E-state index contributed by atoms with van der Waals surface area (Å²) in [6, 6.07) is 11.2. The zero-order chi connectivity index (χ0) is 18.4. The van der Waals surface area contributed by atoms with Crippen molar-refractivity contribution in [3.05, 3.63) is 59.5 Å². The zero-order valence-corrected chi connectivity index (χ0v) is 15.3. The van der Waals surface area contributed by atoms with Gasteiger partial charge in [0.1, 0.15) is 5.76 Å². The molecular weight excluding hydrogens is 316 g/mol. The van der Waals surface area contributed by atoms with Gasteiger partial charge in [0.15, 0.2) is 0 Å². The largest absolute Gasteiger partial charge is 0.467 e. The fourth-order valence-electron chi connectivity index (χ4n) is 2.42. The van der Waals surface area contributed by atoms with Gasteiger partial charge in [-0.15, -0.1) is 0 Å². The minimum Gasteiger partial charge on any atom is -0.467 e. The molecular formula is C20H26N2O3. The first-order valence-electron chi connectivity index (χ1n) is 8.42. The molecule has 1 heterocycles. The number of rotatable bonds is 6. The molecule has 0 unspecified atom stereocenters. The molecule has 0 saturated heterocycles. The van der Waals surface area contributed by atoms with Crippen molar-refractivity contribution in [1.29, 1.82) is 0 Å². The van der Waals surface area contributed by atoms with E-state index in [-0.39, 0.29) is 23.7 Å². The van der Waals surface area contributed by atoms with E-state index in [0.717, 1.165) is 5.76 Å². The number of carbonyl (C=O) groups is 2. The Morgan fingerprint density at radius 3 is 2.36 bits per heavy atom. The van der Waals surface area contributed by atoms with Gasteiger partial charge in [0, 0.05) is 25.6 Å². The lowest BCUT2D eigenvalue weighted by molar-refractivity contribution is -0.130. The van der Waals surface area contributed by atoms with Crippen molar-refractivity contribution >= 4 is 11.8 Å². The summed E-state index contributed by atoms with van der Waals surface area (Å²) < 4.78 is 5.22. The molecule has 25 heavy (non-hydrogen) atoms. The van der Waals surface area contributed by atoms with Gasteiger partial charge in [0.05, 0.1) is 12.8 Å². The highest BCUT2D eigenvalue weighted by molar-refractivity contribution is 5.94. The van der Waals surface area contributed by atoms with Gasteiger partial charge >= 0.3 is 0 Å². The summed E-state index contributed by atoms with van der Waals surface area (Å²) in [4.78, 5) is 25.8. The van der Waals surface area contributed by atoms with Crippen LogP contribution in [0.5, 0.6) is 0 Å². The molecule has 5 nitrogen and oxygen atoms in total. The lowest BCUT2D eigenvalue weighted by Gasteiger charge is -2.19. The van der Waals surface area contributed by atoms with Crippen LogP contribution in [-0.4, -0.2) is 30.3 Å². The van der Waals surface area contributed by atoms with Gasteiger partial charge < -0.3 is 14.6 Å². The summed E-state index contributed by atoms with van der Waals surface area (Å²) in [6.45, 7) is 7.13. The van der Waals surface area contributed by atoms with Gasteiger partial charge in [0.2, 0.25) is 5.91 Å². The van der Waals surface area contributed by atoms with Crippen molar-refractivity contribution in [2.75, 3.05) is 13.6 Å². The van der Waals surface area contributed by atoms with E-state index in [1.807, 2.05) is 30.3 Å². The predicted molar refractivity (Wildman–Crippen MR) is 97.3 cm³/mol. The minimum atomic E-state index is -0.165. The molecule has 0 bridgehead atoms. The Balaban J connectivity index is 1.78. The molecule has 0 radical (unpaired) electrons. The van der Waals surface area contributed by atoms with Gasteiger partial charge in [-0.3, -0.25) is 9.59 Å². The van der Waals surface area contributed by atoms with Crippen LogP contribution in [0.25, 0.3) is 0 Å². The molecule has 0 aliphatic rings. The highest BCUT2D eigenvalue weighted by Gasteiger charge is 2.15. The Bertz CT molecular complexity index is 698. The lowest BCUT2D eigenvalue weighted by Crippen LogP contribution is -2.31. The SMILES string of the molecule is CN(Cc1ccco1)C(=O)CCNC(=O)c1ccc(C(C)(C)C)cc1. The van der Waals surface area contributed by atoms with Crippen molar-refractivity contribution < 1.29 is 14.0 Å². The Kier molecular flexibility index (Phi) is 6.02. The Morgan fingerprint density at radius 1 is 1.12 bits per heavy atom. The average molecular weight is 342 g/mol. The summed E-state index contributed by atoms with van der Waals surface area (Å²) in [5.41, 5.74) is 1.84. The molecule has 0 aliphatic carbocycles. The molecule has 0 saturated carbocycles. The molecule has 5 heteroatoms. The van der Waals surface area contributed by atoms with Gasteiger partial charge in [0.25, 0.3) is 5.91 Å². The third-order valence-corrected chi connectivity index (χ3v) is 4.04. The van der Waals surface area contributed by atoms with Crippen molar-refractivity contribution in [3.8, 4) is 0 Å². The summed E-state index contributed by atoms with van der Waals surface area (Å²) in [7, 11) is 1.72. The first kappa shape index (κ1) is 18.8. The van der Waals surface area contributed by atoms with E-state index < -0.39 is 0 Å². The van der Waals surface area contributed by atoms with E-state index in [1.54, 1.807) is 24.3 Å². The van der Waals surface area contributed by atoms with Crippen LogP contribution in [0.3, 0.4) is 0 Å². The quantitative estimate of drug-likeness (QED) is 0.875. The maximum absolute atomic E-state index is 12.2. The molecule has 134 valence electrons. The van der Waals surface area contributed by atoms with Gasteiger partial charge in [-0.1, -0.05) is 32.9 Å². The average Bonchev–Trinajstić information content (AvgIpc) is 3.06. The summed E-state index contributed by atoms with van der Waals surface area (Å²) in [5.74, 6) is 0.528. The van der Waals surface area contributed by atoms with E-state index in [9.17, 15) is 9.59 Å². The molecule has 1 aromatic heterocycles. The fourth-order valence-corrected chi connectivity index (χ4v) is 2.42. The van der Waals surface area contributed by atoms with Crippen molar-refractivity contribution in [2.24, 2.45) is 0 Å². The maximum Gasteiger partial charge on any atom is 0.251 e. The van der Waals surface area contributed by atoms with E-state index in [4.69, 9.17) is 4.42 Å². The highest BCUT2D eigenvalue weighted by atomic mass is 16.3. The predicted octanol–water partition coefficient (Wildman–Crippen LogP) is 3.36. The Morgan fingerprint density at radius 2 is 1.80 bits per heavy atom. The molecule has 0 spiro atoms. The van der Waals surface area contributed by atoms with E-state index >= 15 is 0 Å². The first-order chi connectivity index (χ1) is 11.8. The third-order valence-electron chi connectivity index (χ3n) is 4.04. The summed E-state index contributed by atoms with van der Waals surface area (Å²) >= 11 is 0. The number of carbonyl (C=O) groups excluding carboxylic acids is 2. The van der Waals surface area contributed by atoms with Crippen LogP contribution in [0.1, 0.15) is 48.9 Å². The first-order valence-corrected chi connectivity index (χ1v) is 8.42. The summed E-state index contributed by atoms with van der Waals surface area (Å²) in [6.07, 6.45) is 1.84. The van der Waals surface area contributed by atoms with Crippen molar-refractivity contribution in [1.82, 2.24) is 10.2 Å². The van der Waals surface area contributed by atoms with Crippen LogP contribution in [0.15, 0.2) is 47.1 Å². The van der Waals surface area contributed by atoms with Crippen LogP contribution < -0.4 is 5.32 Å². The highest BCUT2D eigenvalue weighted by Crippen LogP contribution is 2.22. The standard InChI is InChI=1S/C20H26N2O3/c1-20(2,3)16-9-7-15(8-10-16)19(24)21-12-11-18(23)22(4)14-17-6-5-13-25-17/h5-10,13H,11-12,14H2,1-4H3,(H,21,24).